The number of anilines is 1. The Morgan fingerprint density at radius 3 is 2.88 bits per heavy atom. The second-order valence-electron chi connectivity index (χ2n) is 7.19. The van der Waals surface area contributed by atoms with Crippen LogP contribution < -0.4 is 14.4 Å². The number of carbonyl (C=O) groups is 1. The maximum Gasteiger partial charge on any atom is 0.262 e. The number of hydrogen-bond acceptors (Lipinski definition) is 8. The predicted octanol–water partition coefficient (Wildman–Crippen LogP) is 3.45. The Balaban J connectivity index is 1.66. The molecule has 4 rings (SSSR count). The molecule has 0 spiro atoms. The molecule has 1 aliphatic heterocycles. The number of carbonyl (C=O) groups excluding carboxylic acids is 1. The molecule has 3 aromatic heterocycles. The molecule has 1 atom stereocenters. The van der Waals surface area contributed by atoms with E-state index in [1.807, 2.05) is 6.92 Å². The average Bonchev–Trinajstić information content (AvgIpc) is 2.82. The van der Waals surface area contributed by atoms with Crippen LogP contribution in [0, 0.1) is 0 Å². The van der Waals surface area contributed by atoms with Crippen molar-refractivity contribution >= 4 is 11.6 Å². The standard InChI is InChI=1S/C22H23FN6O3/c1-2-31-20-6-3-7-27-21(20)32-19-9-18(12-24-13-19)29(17-5-4-8-28(23)14-17)22(30)16-10-25-15-26-11-16/h3,6-7,9-13,15,17H,2,4-5,8,14H2,1H3. The maximum atomic E-state index is 14.1. The minimum absolute atomic E-state index is 0.0965. The van der Waals surface area contributed by atoms with E-state index in [2.05, 4.69) is 19.9 Å². The molecule has 32 heavy (non-hydrogen) atoms. The van der Waals surface area contributed by atoms with Gasteiger partial charge in [0.2, 0.25) is 0 Å². The molecule has 4 heterocycles. The summed E-state index contributed by atoms with van der Waals surface area (Å²) < 4.78 is 25.5. The van der Waals surface area contributed by atoms with Gasteiger partial charge >= 0.3 is 0 Å². The van der Waals surface area contributed by atoms with Gasteiger partial charge in [0.15, 0.2) is 5.75 Å². The molecule has 0 aliphatic carbocycles. The first-order valence-corrected chi connectivity index (χ1v) is 10.4. The monoisotopic (exact) mass is 438 g/mol. The first kappa shape index (κ1) is 21.6. The largest absolute Gasteiger partial charge is 0.488 e. The van der Waals surface area contributed by atoms with Crippen LogP contribution in [-0.2, 0) is 0 Å². The maximum absolute atomic E-state index is 14.1. The third-order valence-electron chi connectivity index (χ3n) is 4.97. The number of piperidine rings is 1. The second kappa shape index (κ2) is 10.1. The number of amides is 1. The van der Waals surface area contributed by atoms with Crippen molar-refractivity contribution in [2.75, 3.05) is 24.6 Å². The van der Waals surface area contributed by atoms with Crippen LogP contribution in [0.4, 0.5) is 10.2 Å². The molecule has 0 saturated carbocycles. The molecule has 1 saturated heterocycles. The Kier molecular flexibility index (Phi) is 6.81. The SMILES string of the molecule is CCOc1cccnc1Oc1cncc(N(C(=O)c2cncnc2)C2CCCN(F)C2)c1. The van der Waals surface area contributed by atoms with Crippen molar-refractivity contribution in [1.82, 2.24) is 25.1 Å². The van der Waals surface area contributed by atoms with Crippen molar-refractivity contribution in [3.05, 3.63) is 61.1 Å². The van der Waals surface area contributed by atoms with Crippen molar-refractivity contribution in [2.45, 2.75) is 25.8 Å². The van der Waals surface area contributed by atoms with Crippen LogP contribution in [0.3, 0.4) is 0 Å². The predicted molar refractivity (Wildman–Crippen MR) is 114 cm³/mol. The van der Waals surface area contributed by atoms with Gasteiger partial charge in [-0.15, -0.1) is 9.60 Å². The highest BCUT2D eigenvalue weighted by atomic mass is 19.2. The number of pyridine rings is 2. The van der Waals surface area contributed by atoms with Gasteiger partial charge in [0.25, 0.3) is 11.8 Å². The Morgan fingerprint density at radius 2 is 2.09 bits per heavy atom. The van der Waals surface area contributed by atoms with Crippen molar-refractivity contribution in [1.29, 1.82) is 0 Å². The van der Waals surface area contributed by atoms with Gasteiger partial charge in [-0.1, -0.05) is 0 Å². The molecule has 9 nitrogen and oxygen atoms in total. The third-order valence-corrected chi connectivity index (χ3v) is 4.97. The summed E-state index contributed by atoms with van der Waals surface area (Å²) in [5.41, 5.74) is 0.781. The van der Waals surface area contributed by atoms with Crippen LogP contribution in [0.5, 0.6) is 17.4 Å². The lowest BCUT2D eigenvalue weighted by Crippen LogP contribution is -2.48. The van der Waals surface area contributed by atoms with Gasteiger partial charge in [0.1, 0.15) is 12.1 Å². The van der Waals surface area contributed by atoms with Gasteiger partial charge in [-0.05, 0) is 31.9 Å². The molecule has 10 heteroatoms. The Hall–Kier alpha value is -3.66. The molecule has 0 aromatic carbocycles. The molecule has 166 valence electrons. The van der Waals surface area contributed by atoms with Gasteiger partial charge < -0.3 is 14.4 Å². The van der Waals surface area contributed by atoms with Crippen molar-refractivity contribution in [3.63, 3.8) is 0 Å². The lowest BCUT2D eigenvalue weighted by atomic mass is 10.0. The van der Waals surface area contributed by atoms with Crippen LogP contribution in [0.25, 0.3) is 0 Å². The van der Waals surface area contributed by atoms with E-state index in [1.54, 1.807) is 30.6 Å². The van der Waals surface area contributed by atoms with Crippen molar-refractivity contribution < 1.29 is 18.7 Å². The van der Waals surface area contributed by atoms with Crippen molar-refractivity contribution in [2.24, 2.45) is 0 Å². The molecule has 0 N–H and O–H groups in total. The molecule has 1 amide bonds. The molecule has 0 bridgehead atoms. The topological polar surface area (TPSA) is 93.6 Å². The summed E-state index contributed by atoms with van der Waals surface area (Å²) in [6.45, 7) is 2.77. The average molecular weight is 438 g/mol. The zero-order valence-corrected chi connectivity index (χ0v) is 17.6. The summed E-state index contributed by atoms with van der Waals surface area (Å²) in [5.74, 6) is 0.820. The number of rotatable bonds is 7. The number of ether oxygens (including phenoxy) is 2. The fourth-order valence-corrected chi connectivity index (χ4v) is 3.59. The van der Waals surface area contributed by atoms with E-state index in [0.29, 0.717) is 48.7 Å². The minimum Gasteiger partial charge on any atom is -0.488 e. The fraction of sp³-hybridized carbons (Fsp3) is 0.318. The lowest BCUT2D eigenvalue weighted by Gasteiger charge is -2.36. The van der Waals surface area contributed by atoms with Crippen LogP contribution >= 0.6 is 0 Å². The summed E-state index contributed by atoms with van der Waals surface area (Å²) >= 11 is 0. The van der Waals surface area contributed by atoms with E-state index in [9.17, 15) is 9.28 Å². The van der Waals surface area contributed by atoms with E-state index in [0.717, 1.165) is 5.12 Å². The van der Waals surface area contributed by atoms with Crippen LogP contribution in [-0.4, -0.2) is 56.7 Å². The quantitative estimate of drug-likeness (QED) is 0.518. The first-order valence-electron chi connectivity index (χ1n) is 10.4. The Morgan fingerprint density at radius 1 is 1.25 bits per heavy atom. The van der Waals surface area contributed by atoms with E-state index < -0.39 is 0 Å². The second-order valence-corrected chi connectivity index (χ2v) is 7.19. The summed E-state index contributed by atoms with van der Waals surface area (Å²) in [4.78, 5) is 31.2. The summed E-state index contributed by atoms with van der Waals surface area (Å²) in [5, 5.41) is 0.728. The highest BCUT2D eigenvalue weighted by molar-refractivity contribution is 6.06. The molecular weight excluding hydrogens is 415 g/mol. The van der Waals surface area contributed by atoms with Gasteiger partial charge in [-0.25, -0.2) is 15.0 Å². The minimum atomic E-state index is -0.382. The van der Waals surface area contributed by atoms with Crippen molar-refractivity contribution in [3.8, 4) is 17.4 Å². The van der Waals surface area contributed by atoms with Crippen LogP contribution in [0.15, 0.2) is 55.5 Å². The van der Waals surface area contributed by atoms with Crippen LogP contribution in [0.1, 0.15) is 30.1 Å². The molecule has 1 fully saturated rings. The van der Waals surface area contributed by atoms with E-state index in [4.69, 9.17) is 9.47 Å². The zero-order chi connectivity index (χ0) is 22.3. The highest BCUT2D eigenvalue weighted by Crippen LogP contribution is 2.32. The number of halogens is 1. The van der Waals surface area contributed by atoms with Crippen LogP contribution in [0.2, 0.25) is 0 Å². The van der Waals surface area contributed by atoms with Gasteiger partial charge in [0.05, 0.1) is 36.3 Å². The smallest absolute Gasteiger partial charge is 0.262 e. The highest BCUT2D eigenvalue weighted by Gasteiger charge is 2.31. The Labute approximate surface area is 184 Å². The van der Waals surface area contributed by atoms with E-state index in [-0.39, 0.29) is 24.4 Å². The van der Waals surface area contributed by atoms with E-state index >= 15 is 0 Å². The Bertz CT molecular complexity index is 1050. The van der Waals surface area contributed by atoms with Gasteiger partial charge in [-0.3, -0.25) is 9.78 Å². The zero-order valence-electron chi connectivity index (χ0n) is 17.6. The van der Waals surface area contributed by atoms with Gasteiger partial charge in [0, 0.05) is 37.7 Å². The molecular formula is C22H23FN6O3. The van der Waals surface area contributed by atoms with Gasteiger partial charge in [-0.2, -0.15) is 0 Å². The van der Waals surface area contributed by atoms with E-state index in [1.165, 1.54) is 29.8 Å². The summed E-state index contributed by atoms with van der Waals surface area (Å²) in [7, 11) is 0. The number of nitrogens with zero attached hydrogens (tertiary/aromatic N) is 6. The molecule has 1 unspecified atom stereocenters. The lowest BCUT2D eigenvalue weighted by molar-refractivity contribution is -0.00191. The normalized spacial score (nSPS) is 16.4. The molecule has 1 aliphatic rings. The summed E-state index contributed by atoms with van der Waals surface area (Å²) in [6.07, 6.45) is 10.2. The number of aromatic nitrogens is 4. The molecule has 0 radical (unpaired) electrons. The summed E-state index contributed by atoms with van der Waals surface area (Å²) in [6, 6.07) is 4.80. The third kappa shape index (κ3) is 4.97. The number of hydrogen-bond donors (Lipinski definition) is 0. The first-order chi connectivity index (χ1) is 15.7. The molecule has 3 aromatic rings. The fourth-order valence-electron chi connectivity index (χ4n) is 3.59.